The molecule has 4 heteroatoms. The predicted molar refractivity (Wildman–Crippen MR) is 52.8 cm³/mol. The summed E-state index contributed by atoms with van der Waals surface area (Å²) in [5.74, 6) is 0. The number of rotatable bonds is 2. The molecule has 1 saturated carbocycles. The van der Waals surface area contributed by atoms with E-state index in [0.717, 1.165) is 18.5 Å². The SMILES string of the molecule is CC(N)C1(c2c(Cl)ncn2C)CC1. The smallest absolute Gasteiger partial charge is 0.150 e. The fourth-order valence-corrected chi connectivity index (χ4v) is 2.37. The maximum absolute atomic E-state index is 6.03. The number of imidazole rings is 1. The molecule has 0 aliphatic heterocycles. The van der Waals surface area contributed by atoms with E-state index in [1.165, 1.54) is 0 Å². The van der Waals surface area contributed by atoms with E-state index in [2.05, 4.69) is 4.98 Å². The molecule has 0 aromatic carbocycles. The second kappa shape index (κ2) is 2.72. The summed E-state index contributed by atoms with van der Waals surface area (Å²) in [4.78, 5) is 4.08. The molecule has 0 saturated heterocycles. The fourth-order valence-electron chi connectivity index (χ4n) is 2.00. The van der Waals surface area contributed by atoms with Crippen LogP contribution >= 0.6 is 11.6 Å². The Balaban J connectivity index is 2.45. The van der Waals surface area contributed by atoms with Crippen molar-refractivity contribution in [3.05, 3.63) is 17.2 Å². The number of halogens is 1. The topological polar surface area (TPSA) is 43.8 Å². The van der Waals surface area contributed by atoms with E-state index in [1.54, 1.807) is 6.33 Å². The average Bonchev–Trinajstić information content (AvgIpc) is 2.77. The maximum Gasteiger partial charge on any atom is 0.150 e. The number of nitrogens with zero attached hydrogens (tertiary/aromatic N) is 2. The summed E-state index contributed by atoms with van der Waals surface area (Å²) < 4.78 is 1.98. The Labute approximate surface area is 82.9 Å². The van der Waals surface area contributed by atoms with Gasteiger partial charge in [0.2, 0.25) is 0 Å². The van der Waals surface area contributed by atoms with Crippen LogP contribution in [0.1, 0.15) is 25.5 Å². The van der Waals surface area contributed by atoms with Gasteiger partial charge in [-0.3, -0.25) is 0 Å². The molecule has 0 spiro atoms. The average molecular weight is 200 g/mol. The molecule has 1 fully saturated rings. The number of nitrogens with two attached hydrogens (primary N) is 1. The Kier molecular flexibility index (Phi) is 1.89. The first kappa shape index (κ1) is 9.03. The lowest BCUT2D eigenvalue weighted by Crippen LogP contribution is -2.33. The number of hydrogen-bond donors (Lipinski definition) is 1. The zero-order valence-electron chi connectivity index (χ0n) is 7.92. The van der Waals surface area contributed by atoms with Crippen LogP contribution in [0, 0.1) is 0 Å². The Bertz CT molecular complexity index is 306. The third-order valence-electron chi connectivity index (χ3n) is 3.02. The van der Waals surface area contributed by atoms with Crippen LogP contribution in [-0.2, 0) is 12.5 Å². The van der Waals surface area contributed by atoms with Gasteiger partial charge in [0.15, 0.2) is 5.15 Å². The van der Waals surface area contributed by atoms with E-state index in [0.29, 0.717) is 5.15 Å². The molecule has 13 heavy (non-hydrogen) atoms. The lowest BCUT2D eigenvalue weighted by molar-refractivity contribution is 0.524. The van der Waals surface area contributed by atoms with Crippen molar-refractivity contribution in [1.82, 2.24) is 9.55 Å². The largest absolute Gasteiger partial charge is 0.336 e. The van der Waals surface area contributed by atoms with Gasteiger partial charge in [-0.1, -0.05) is 11.6 Å². The molecule has 1 aliphatic rings. The van der Waals surface area contributed by atoms with Crippen LogP contribution in [-0.4, -0.2) is 15.6 Å². The first-order valence-corrected chi connectivity index (χ1v) is 4.88. The highest BCUT2D eigenvalue weighted by atomic mass is 35.5. The van der Waals surface area contributed by atoms with Crippen molar-refractivity contribution in [2.75, 3.05) is 0 Å². The first-order chi connectivity index (χ1) is 6.08. The van der Waals surface area contributed by atoms with E-state index < -0.39 is 0 Å². The van der Waals surface area contributed by atoms with Gasteiger partial charge >= 0.3 is 0 Å². The summed E-state index contributed by atoms with van der Waals surface area (Å²) in [6.07, 6.45) is 4.01. The fraction of sp³-hybridized carbons (Fsp3) is 0.667. The second-order valence-electron chi connectivity index (χ2n) is 3.94. The minimum Gasteiger partial charge on any atom is -0.336 e. The van der Waals surface area contributed by atoms with Crippen LogP contribution in [0.25, 0.3) is 0 Å². The highest BCUT2D eigenvalue weighted by Crippen LogP contribution is 2.51. The van der Waals surface area contributed by atoms with Crippen LogP contribution in [0.15, 0.2) is 6.33 Å². The van der Waals surface area contributed by atoms with Gasteiger partial charge in [-0.25, -0.2) is 4.98 Å². The number of hydrogen-bond acceptors (Lipinski definition) is 2. The molecule has 2 N–H and O–H groups in total. The van der Waals surface area contributed by atoms with Crippen molar-refractivity contribution in [3.63, 3.8) is 0 Å². The van der Waals surface area contributed by atoms with Crippen LogP contribution in [0.2, 0.25) is 5.15 Å². The molecule has 1 unspecified atom stereocenters. The Morgan fingerprint density at radius 1 is 1.69 bits per heavy atom. The van der Waals surface area contributed by atoms with Crippen molar-refractivity contribution in [2.45, 2.75) is 31.2 Å². The molecule has 3 nitrogen and oxygen atoms in total. The van der Waals surface area contributed by atoms with Crippen LogP contribution in [0.4, 0.5) is 0 Å². The molecule has 72 valence electrons. The van der Waals surface area contributed by atoms with Crippen molar-refractivity contribution in [2.24, 2.45) is 12.8 Å². The summed E-state index contributed by atoms with van der Waals surface area (Å²) in [6.45, 7) is 2.04. The Morgan fingerprint density at radius 3 is 2.62 bits per heavy atom. The van der Waals surface area contributed by atoms with E-state index in [-0.39, 0.29) is 11.5 Å². The molecule has 1 heterocycles. The molecule has 1 aromatic rings. The maximum atomic E-state index is 6.03. The monoisotopic (exact) mass is 199 g/mol. The molecule has 1 aromatic heterocycles. The normalized spacial score (nSPS) is 21.5. The van der Waals surface area contributed by atoms with Crippen molar-refractivity contribution < 1.29 is 0 Å². The summed E-state index contributed by atoms with van der Waals surface area (Å²) >= 11 is 6.03. The molecule has 1 aliphatic carbocycles. The Morgan fingerprint density at radius 2 is 2.31 bits per heavy atom. The number of aromatic nitrogens is 2. The third-order valence-corrected chi connectivity index (χ3v) is 3.30. The quantitative estimate of drug-likeness (QED) is 0.784. The third kappa shape index (κ3) is 1.18. The highest BCUT2D eigenvalue weighted by molar-refractivity contribution is 6.30. The zero-order chi connectivity index (χ0) is 9.64. The molecular formula is C9H14ClN3. The van der Waals surface area contributed by atoms with Gasteiger partial charge in [0.05, 0.1) is 12.0 Å². The van der Waals surface area contributed by atoms with Gasteiger partial charge in [-0.05, 0) is 19.8 Å². The van der Waals surface area contributed by atoms with Gasteiger partial charge < -0.3 is 10.3 Å². The van der Waals surface area contributed by atoms with Crippen molar-refractivity contribution in [3.8, 4) is 0 Å². The summed E-state index contributed by atoms with van der Waals surface area (Å²) in [6, 6.07) is 0.153. The predicted octanol–water partition coefficient (Wildman–Crippen LogP) is 1.45. The first-order valence-electron chi connectivity index (χ1n) is 4.51. The minimum absolute atomic E-state index is 0.0995. The minimum atomic E-state index is 0.0995. The van der Waals surface area contributed by atoms with Gasteiger partial charge in [-0.15, -0.1) is 0 Å². The van der Waals surface area contributed by atoms with E-state index >= 15 is 0 Å². The standard InChI is InChI=1S/C9H14ClN3/c1-6(11)9(3-4-9)7-8(10)12-5-13(7)2/h5-6H,3-4,11H2,1-2H3. The molecule has 2 rings (SSSR count). The summed E-state index contributed by atoms with van der Waals surface area (Å²) in [5, 5.41) is 0.609. The van der Waals surface area contributed by atoms with Gasteiger partial charge in [0, 0.05) is 18.5 Å². The lowest BCUT2D eigenvalue weighted by atomic mass is 9.95. The van der Waals surface area contributed by atoms with Crippen LogP contribution < -0.4 is 5.73 Å². The van der Waals surface area contributed by atoms with E-state index in [9.17, 15) is 0 Å². The van der Waals surface area contributed by atoms with E-state index in [4.69, 9.17) is 17.3 Å². The van der Waals surface area contributed by atoms with Gasteiger partial charge in [-0.2, -0.15) is 0 Å². The van der Waals surface area contributed by atoms with E-state index in [1.807, 2.05) is 18.5 Å². The molecule has 1 atom stereocenters. The zero-order valence-corrected chi connectivity index (χ0v) is 8.67. The molecule has 0 radical (unpaired) electrons. The van der Waals surface area contributed by atoms with Crippen molar-refractivity contribution in [1.29, 1.82) is 0 Å². The Hall–Kier alpha value is -0.540. The molecule has 0 bridgehead atoms. The molecular weight excluding hydrogens is 186 g/mol. The highest BCUT2D eigenvalue weighted by Gasteiger charge is 2.50. The second-order valence-corrected chi connectivity index (χ2v) is 4.30. The van der Waals surface area contributed by atoms with Crippen LogP contribution in [0.5, 0.6) is 0 Å². The summed E-state index contributed by atoms with van der Waals surface area (Å²) in [5.41, 5.74) is 7.16. The van der Waals surface area contributed by atoms with Crippen LogP contribution in [0.3, 0.4) is 0 Å². The molecule has 0 amide bonds. The summed E-state index contributed by atoms with van der Waals surface area (Å²) in [7, 11) is 1.97. The van der Waals surface area contributed by atoms with Gasteiger partial charge in [0.1, 0.15) is 0 Å². The van der Waals surface area contributed by atoms with Gasteiger partial charge in [0.25, 0.3) is 0 Å². The van der Waals surface area contributed by atoms with Crippen molar-refractivity contribution >= 4 is 11.6 Å². The lowest BCUT2D eigenvalue weighted by Gasteiger charge is -2.20. The number of aryl methyl sites for hydroxylation is 1.